The molecule has 0 saturated heterocycles. The lowest BCUT2D eigenvalue weighted by atomic mass is 9.98. The average molecular weight is 259 g/mol. The highest BCUT2D eigenvalue weighted by molar-refractivity contribution is 4.64. The van der Waals surface area contributed by atoms with E-state index in [-0.39, 0.29) is 6.10 Å². The third-order valence-corrected chi connectivity index (χ3v) is 3.44. The van der Waals surface area contributed by atoms with Crippen molar-refractivity contribution < 1.29 is 9.84 Å². The van der Waals surface area contributed by atoms with E-state index in [1.54, 1.807) is 0 Å². The first-order valence-electron chi connectivity index (χ1n) is 7.54. The van der Waals surface area contributed by atoms with E-state index >= 15 is 0 Å². The third kappa shape index (κ3) is 11.0. The molecule has 0 aliphatic carbocycles. The van der Waals surface area contributed by atoms with Crippen molar-refractivity contribution in [2.75, 3.05) is 26.3 Å². The van der Waals surface area contributed by atoms with Crippen molar-refractivity contribution in [1.29, 1.82) is 0 Å². The lowest BCUT2D eigenvalue weighted by molar-refractivity contribution is 0.0349. The van der Waals surface area contributed by atoms with Crippen LogP contribution in [0.25, 0.3) is 0 Å². The molecule has 0 aromatic heterocycles. The normalized spacial score (nSPS) is 15.0. The number of hydrogen-bond donors (Lipinski definition) is 2. The van der Waals surface area contributed by atoms with Crippen molar-refractivity contribution in [2.24, 2.45) is 11.8 Å². The molecule has 18 heavy (non-hydrogen) atoms. The van der Waals surface area contributed by atoms with Gasteiger partial charge >= 0.3 is 0 Å². The van der Waals surface area contributed by atoms with Crippen molar-refractivity contribution in [2.45, 2.75) is 59.5 Å². The van der Waals surface area contributed by atoms with E-state index in [1.807, 2.05) is 0 Å². The van der Waals surface area contributed by atoms with Crippen LogP contribution in [-0.2, 0) is 4.74 Å². The molecule has 0 aromatic carbocycles. The fourth-order valence-electron chi connectivity index (χ4n) is 1.62. The fourth-order valence-corrected chi connectivity index (χ4v) is 1.62. The molecule has 2 unspecified atom stereocenters. The minimum absolute atomic E-state index is 0.379. The van der Waals surface area contributed by atoms with Gasteiger partial charge in [0.25, 0.3) is 0 Å². The number of hydrogen-bond acceptors (Lipinski definition) is 3. The summed E-state index contributed by atoms with van der Waals surface area (Å²) in [5.41, 5.74) is 0. The van der Waals surface area contributed by atoms with Crippen LogP contribution in [-0.4, -0.2) is 37.5 Å². The van der Waals surface area contributed by atoms with Gasteiger partial charge in [-0.15, -0.1) is 0 Å². The first-order valence-corrected chi connectivity index (χ1v) is 7.54. The van der Waals surface area contributed by atoms with Crippen LogP contribution < -0.4 is 5.32 Å². The highest BCUT2D eigenvalue weighted by Crippen LogP contribution is 2.07. The summed E-state index contributed by atoms with van der Waals surface area (Å²) >= 11 is 0. The summed E-state index contributed by atoms with van der Waals surface area (Å²) in [6.45, 7) is 11.7. The van der Waals surface area contributed by atoms with Crippen LogP contribution >= 0.6 is 0 Å². The summed E-state index contributed by atoms with van der Waals surface area (Å²) in [4.78, 5) is 0. The number of nitrogens with one attached hydrogen (secondary N) is 1. The minimum Gasteiger partial charge on any atom is -0.389 e. The Morgan fingerprint density at radius 1 is 1.06 bits per heavy atom. The summed E-state index contributed by atoms with van der Waals surface area (Å²) < 4.78 is 5.46. The highest BCUT2D eigenvalue weighted by atomic mass is 16.5. The Balaban J connectivity index is 3.29. The molecule has 0 aliphatic heterocycles. The van der Waals surface area contributed by atoms with Gasteiger partial charge in [0.15, 0.2) is 0 Å². The lowest BCUT2D eigenvalue weighted by Crippen LogP contribution is -2.34. The van der Waals surface area contributed by atoms with Crippen LogP contribution in [0.5, 0.6) is 0 Å². The van der Waals surface area contributed by atoms with E-state index in [0.29, 0.717) is 25.0 Å². The van der Waals surface area contributed by atoms with Gasteiger partial charge < -0.3 is 15.2 Å². The molecule has 0 bridgehead atoms. The van der Waals surface area contributed by atoms with Gasteiger partial charge in [-0.2, -0.15) is 0 Å². The molecule has 0 heterocycles. The molecular formula is C15H33NO2. The summed E-state index contributed by atoms with van der Waals surface area (Å²) in [5, 5.41) is 13.0. The first-order chi connectivity index (χ1) is 8.57. The van der Waals surface area contributed by atoms with Crippen LogP contribution in [0.3, 0.4) is 0 Å². The molecule has 0 amide bonds. The molecule has 110 valence electrons. The van der Waals surface area contributed by atoms with E-state index in [4.69, 9.17) is 4.74 Å². The highest BCUT2D eigenvalue weighted by Gasteiger charge is 2.08. The van der Waals surface area contributed by atoms with Gasteiger partial charge in [0.1, 0.15) is 0 Å². The summed E-state index contributed by atoms with van der Waals surface area (Å²) in [6.07, 6.45) is 4.49. The van der Waals surface area contributed by atoms with Crippen molar-refractivity contribution >= 4 is 0 Å². The van der Waals surface area contributed by atoms with Crippen LogP contribution in [0.15, 0.2) is 0 Å². The van der Waals surface area contributed by atoms with Crippen LogP contribution in [0, 0.1) is 11.8 Å². The van der Waals surface area contributed by atoms with Gasteiger partial charge in [-0.3, -0.25) is 0 Å². The number of ether oxygens (including phenoxy) is 1. The zero-order valence-corrected chi connectivity index (χ0v) is 12.7. The molecule has 0 aromatic rings. The summed E-state index contributed by atoms with van der Waals surface area (Å²) in [7, 11) is 0. The molecule has 0 fully saturated rings. The van der Waals surface area contributed by atoms with Crippen LogP contribution in [0.1, 0.15) is 53.4 Å². The predicted molar refractivity (Wildman–Crippen MR) is 77.8 cm³/mol. The monoisotopic (exact) mass is 259 g/mol. The summed E-state index contributed by atoms with van der Waals surface area (Å²) in [5.74, 6) is 1.33. The Hall–Kier alpha value is -0.120. The van der Waals surface area contributed by atoms with E-state index in [9.17, 15) is 5.11 Å². The van der Waals surface area contributed by atoms with Gasteiger partial charge in [0.05, 0.1) is 12.7 Å². The molecular weight excluding hydrogens is 226 g/mol. The second-order valence-electron chi connectivity index (χ2n) is 5.67. The topological polar surface area (TPSA) is 41.5 Å². The zero-order chi connectivity index (χ0) is 13.8. The molecule has 3 heteroatoms. The van der Waals surface area contributed by atoms with Crippen LogP contribution in [0.4, 0.5) is 0 Å². The minimum atomic E-state index is -0.379. The van der Waals surface area contributed by atoms with Crippen molar-refractivity contribution in [3.8, 4) is 0 Å². The quantitative estimate of drug-likeness (QED) is 0.530. The van der Waals surface area contributed by atoms with Gasteiger partial charge in [-0.1, -0.05) is 47.0 Å². The largest absolute Gasteiger partial charge is 0.389 e. The smallest absolute Gasteiger partial charge is 0.0897 e. The second-order valence-corrected chi connectivity index (χ2v) is 5.67. The molecule has 0 aliphatic rings. The Bertz CT molecular complexity index is 174. The van der Waals surface area contributed by atoms with Crippen molar-refractivity contribution in [1.82, 2.24) is 5.32 Å². The number of unbranched alkanes of at least 4 members (excludes halogenated alkanes) is 3. The third-order valence-electron chi connectivity index (χ3n) is 3.44. The molecule has 2 atom stereocenters. The van der Waals surface area contributed by atoms with Crippen molar-refractivity contribution in [3.05, 3.63) is 0 Å². The Morgan fingerprint density at radius 3 is 2.39 bits per heavy atom. The molecule has 2 N–H and O–H groups in total. The Morgan fingerprint density at radius 2 is 1.78 bits per heavy atom. The summed E-state index contributed by atoms with van der Waals surface area (Å²) in [6, 6.07) is 0. The molecule has 0 saturated carbocycles. The number of aliphatic hydroxyl groups is 1. The van der Waals surface area contributed by atoms with E-state index in [0.717, 1.165) is 19.6 Å². The zero-order valence-electron chi connectivity index (χ0n) is 12.7. The molecule has 0 spiro atoms. The van der Waals surface area contributed by atoms with Crippen molar-refractivity contribution in [3.63, 3.8) is 0 Å². The molecule has 0 rings (SSSR count). The number of rotatable bonds is 12. The van der Waals surface area contributed by atoms with E-state index in [1.165, 1.54) is 19.3 Å². The first kappa shape index (κ1) is 17.9. The number of aliphatic hydroxyl groups excluding tert-OH is 1. The molecule has 3 nitrogen and oxygen atoms in total. The standard InChI is InChI=1S/C15H33NO2/c1-5-6-7-8-9-18-12-15(17)11-16-10-14(4)13(2)3/h13-17H,5-12H2,1-4H3. The second kappa shape index (κ2) is 11.9. The van der Waals surface area contributed by atoms with Gasteiger partial charge in [0.2, 0.25) is 0 Å². The predicted octanol–water partition coefficient (Wildman–Crippen LogP) is 2.83. The average Bonchev–Trinajstić information content (AvgIpc) is 2.33. The van der Waals surface area contributed by atoms with Gasteiger partial charge in [-0.25, -0.2) is 0 Å². The fraction of sp³-hybridized carbons (Fsp3) is 1.00. The van der Waals surface area contributed by atoms with Gasteiger partial charge in [-0.05, 0) is 24.8 Å². The van der Waals surface area contributed by atoms with E-state index in [2.05, 4.69) is 33.0 Å². The Labute approximate surface area is 113 Å². The SMILES string of the molecule is CCCCCCOCC(O)CNCC(C)C(C)C. The lowest BCUT2D eigenvalue weighted by Gasteiger charge is -2.18. The van der Waals surface area contributed by atoms with Crippen LogP contribution in [0.2, 0.25) is 0 Å². The van der Waals surface area contributed by atoms with Gasteiger partial charge in [0, 0.05) is 13.2 Å². The molecule has 0 radical (unpaired) electrons. The maximum Gasteiger partial charge on any atom is 0.0897 e. The van der Waals surface area contributed by atoms with E-state index < -0.39 is 0 Å². The maximum atomic E-state index is 9.72. The Kier molecular flexibility index (Phi) is 11.9. The maximum absolute atomic E-state index is 9.72.